The van der Waals surface area contributed by atoms with Crippen LogP contribution >= 0.6 is 11.3 Å². The molecule has 0 saturated heterocycles. The molecule has 3 heteroatoms. The van der Waals surface area contributed by atoms with Crippen LogP contribution in [0.15, 0.2) is 35.2 Å². The maximum atomic E-state index is 11.5. The van der Waals surface area contributed by atoms with Crippen LogP contribution < -0.4 is 0 Å². The summed E-state index contributed by atoms with van der Waals surface area (Å²) in [5.74, 6) is 0.0567. The molecule has 0 bridgehead atoms. The van der Waals surface area contributed by atoms with Crippen LogP contribution in [0.2, 0.25) is 0 Å². The number of aromatic amines is 1. The fraction of sp³-hybridized carbons (Fsp3) is 0. The lowest BCUT2D eigenvalue weighted by Crippen LogP contribution is -1.98. The molecule has 0 atom stereocenters. The molecule has 2 aromatic heterocycles. The second-order valence-electron chi connectivity index (χ2n) is 2.42. The average molecular weight is 177 g/mol. The number of hydrogen-bond donors (Lipinski definition) is 1. The van der Waals surface area contributed by atoms with Crippen LogP contribution in [0.25, 0.3) is 0 Å². The van der Waals surface area contributed by atoms with Crippen molar-refractivity contribution < 1.29 is 4.79 Å². The number of H-pyrrole nitrogens is 1. The van der Waals surface area contributed by atoms with Crippen molar-refractivity contribution in [1.29, 1.82) is 0 Å². The molecule has 1 N–H and O–H groups in total. The van der Waals surface area contributed by atoms with Gasteiger partial charge in [-0.15, -0.1) is 0 Å². The largest absolute Gasteiger partial charge is 0.359 e. The summed E-state index contributed by atoms with van der Waals surface area (Å²) < 4.78 is 0. The fourth-order valence-corrected chi connectivity index (χ4v) is 1.66. The molecule has 0 aromatic carbocycles. The monoisotopic (exact) mass is 177 g/mol. The Morgan fingerprint density at radius 3 is 2.92 bits per heavy atom. The van der Waals surface area contributed by atoms with Gasteiger partial charge in [0, 0.05) is 17.1 Å². The lowest BCUT2D eigenvalue weighted by molar-refractivity contribution is 0.103. The van der Waals surface area contributed by atoms with E-state index in [9.17, 15) is 4.79 Å². The quantitative estimate of drug-likeness (QED) is 0.701. The first-order valence-corrected chi connectivity index (χ1v) is 4.52. The molecule has 2 heterocycles. The molecule has 0 fully saturated rings. The number of carbonyl (C=O) groups excluding carboxylic acids is 1. The van der Waals surface area contributed by atoms with Crippen molar-refractivity contribution in [3.63, 3.8) is 0 Å². The summed E-state index contributed by atoms with van der Waals surface area (Å²) in [6.45, 7) is 0. The number of carbonyl (C=O) groups is 1. The summed E-state index contributed by atoms with van der Waals surface area (Å²) >= 11 is 1.53. The first-order chi connectivity index (χ1) is 5.88. The van der Waals surface area contributed by atoms with E-state index in [2.05, 4.69) is 4.98 Å². The number of aromatic nitrogens is 1. The fourth-order valence-electron chi connectivity index (χ4n) is 1.02. The topological polar surface area (TPSA) is 32.9 Å². The van der Waals surface area contributed by atoms with Crippen molar-refractivity contribution in [2.75, 3.05) is 0 Å². The van der Waals surface area contributed by atoms with Gasteiger partial charge in [-0.3, -0.25) is 4.79 Å². The van der Waals surface area contributed by atoms with E-state index < -0.39 is 0 Å². The number of rotatable bonds is 2. The number of thiophene rings is 1. The van der Waals surface area contributed by atoms with Crippen molar-refractivity contribution in [3.8, 4) is 0 Å². The van der Waals surface area contributed by atoms with E-state index in [1.54, 1.807) is 12.3 Å². The van der Waals surface area contributed by atoms with Crippen LogP contribution in [0.1, 0.15) is 16.1 Å². The molecule has 0 amide bonds. The third-order valence-electron chi connectivity index (χ3n) is 1.63. The number of nitrogens with one attached hydrogen (secondary N) is 1. The Morgan fingerprint density at radius 1 is 1.42 bits per heavy atom. The second kappa shape index (κ2) is 2.95. The van der Waals surface area contributed by atoms with E-state index in [0.717, 1.165) is 5.56 Å². The van der Waals surface area contributed by atoms with Crippen molar-refractivity contribution in [1.82, 2.24) is 4.98 Å². The molecule has 0 radical (unpaired) electrons. The van der Waals surface area contributed by atoms with Crippen molar-refractivity contribution in [2.45, 2.75) is 0 Å². The van der Waals surface area contributed by atoms with Gasteiger partial charge in [-0.2, -0.15) is 11.3 Å². The lowest BCUT2D eigenvalue weighted by Gasteiger charge is -1.91. The van der Waals surface area contributed by atoms with Crippen LogP contribution in [-0.2, 0) is 0 Å². The normalized spacial score (nSPS) is 10.0. The van der Waals surface area contributed by atoms with Gasteiger partial charge in [-0.25, -0.2) is 0 Å². The highest BCUT2D eigenvalue weighted by atomic mass is 32.1. The highest BCUT2D eigenvalue weighted by molar-refractivity contribution is 7.08. The smallest absolute Gasteiger partial charge is 0.209 e. The van der Waals surface area contributed by atoms with E-state index in [1.807, 2.05) is 22.9 Å². The van der Waals surface area contributed by atoms with Gasteiger partial charge in [-0.05, 0) is 23.6 Å². The Kier molecular flexibility index (Phi) is 1.80. The van der Waals surface area contributed by atoms with Gasteiger partial charge in [0.15, 0.2) is 0 Å². The van der Waals surface area contributed by atoms with Crippen LogP contribution in [0, 0.1) is 0 Å². The Labute approximate surface area is 73.9 Å². The minimum Gasteiger partial charge on any atom is -0.359 e. The molecule has 0 aliphatic carbocycles. The van der Waals surface area contributed by atoms with Crippen LogP contribution in [0.3, 0.4) is 0 Å². The predicted octanol–water partition coefficient (Wildman–Crippen LogP) is 2.31. The minimum absolute atomic E-state index is 0.0567. The molecule has 0 unspecified atom stereocenters. The van der Waals surface area contributed by atoms with Gasteiger partial charge in [0.2, 0.25) is 5.78 Å². The zero-order chi connectivity index (χ0) is 8.39. The van der Waals surface area contributed by atoms with E-state index in [0.29, 0.717) is 5.69 Å². The van der Waals surface area contributed by atoms with Gasteiger partial charge < -0.3 is 4.98 Å². The first kappa shape index (κ1) is 7.31. The van der Waals surface area contributed by atoms with Crippen molar-refractivity contribution in [2.24, 2.45) is 0 Å². The van der Waals surface area contributed by atoms with Crippen LogP contribution in [0.4, 0.5) is 0 Å². The summed E-state index contributed by atoms with van der Waals surface area (Å²) in [4.78, 5) is 14.4. The Hall–Kier alpha value is -1.35. The highest BCUT2D eigenvalue weighted by Crippen LogP contribution is 2.10. The summed E-state index contributed by atoms with van der Waals surface area (Å²) in [6, 6.07) is 5.42. The van der Waals surface area contributed by atoms with Gasteiger partial charge in [0.25, 0.3) is 0 Å². The van der Waals surface area contributed by atoms with Crippen molar-refractivity contribution >= 4 is 17.1 Å². The number of hydrogen-bond acceptors (Lipinski definition) is 2. The predicted molar refractivity (Wildman–Crippen MR) is 48.5 cm³/mol. The SMILES string of the molecule is O=C(c1ccsc1)c1ccc[nH]1. The van der Waals surface area contributed by atoms with Gasteiger partial charge >= 0.3 is 0 Å². The molecule has 0 aliphatic rings. The third kappa shape index (κ3) is 1.19. The molecule has 12 heavy (non-hydrogen) atoms. The molecule has 2 nitrogen and oxygen atoms in total. The summed E-state index contributed by atoms with van der Waals surface area (Å²) in [6.07, 6.45) is 1.75. The van der Waals surface area contributed by atoms with Gasteiger partial charge in [0.05, 0.1) is 5.69 Å². The Morgan fingerprint density at radius 2 is 2.33 bits per heavy atom. The van der Waals surface area contributed by atoms with E-state index in [4.69, 9.17) is 0 Å². The molecule has 2 rings (SSSR count). The zero-order valence-electron chi connectivity index (χ0n) is 6.28. The highest BCUT2D eigenvalue weighted by Gasteiger charge is 2.08. The summed E-state index contributed by atoms with van der Waals surface area (Å²) in [5.41, 5.74) is 1.40. The summed E-state index contributed by atoms with van der Waals surface area (Å²) in [7, 11) is 0. The van der Waals surface area contributed by atoms with Crippen LogP contribution in [0.5, 0.6) is 0 Å². The van der Waals surface area contributed by atoms with Crippen LogP contribution in [-0.4, -0.2) is 10.8 Å². The lowest BCUT2D eigenvalue weighted by atomic mass is 10.2. The van der Waals surface area contributed by atoms with Gasteiger partial charge in [-0.1, -0.05) is 0 Å². The Bertz CT molecular complexity index is 325. The minimum atomic E-state index is 0.0567. The third-order valence-corrected chi connectivity index (χ3v) is 2.31. The van der Waals surface area contributed by atoms with E-state index in [1.165, 1.54) is 11.3 Å². The Balaban J connectivity index is 2.34. The molecule has 0 aliphatic heterocycles. The molecular weight excluding hydrogens is 170 g/mol. The maximum Gasteiger partial charge on any atom is 0.209 e. The zero-order valence-corrected chi connectivity index (χ0v) is 7.10. The van der Waals surface area contributed by atoms with Crippen molar-refractivity contribution in [3.05, 3.63) is 46.4 Å². The molecule has 0 saturated carbocycles. The maximum absolute atomic E-state index is 11.5. The summed E-state index contributed by atoms with van der Waals surface area (Å²) in [5, 5.41) is 3.75. The second-order valence-corrected chi connectivity index (χ2v) is 3.20. The molecule has 2 aromatic rings. The van der Waals surface area contributed by atoms with Gasteiger partial charge in [0.1, 0.15) is 0 Å². The average Bonchev–Trinajstić information content (AvgIpc) is 2.77. The molecule has 0 spiro atoms. The standard InChI is InChI=1S/C9H7NOS/c11-9(7-3-5-12-6-7)8-2-1-4-10-8/h1-6,10H. The van der Waals surface area contributed by atoms with E-state index >= 15 is 0 Å². The first-order valence-electron chi connectivity index (χ1n) is 3.58. The molecule has 60 valence electrons. The number of ketones is 1. The molecular formula is C9H7NOS. The van der Waals surface area contributed by atoms with E-state index in [-0.39, 0.29) is 5.78 Å².